The zero-order chi connectivity index (χ0) is 9.80. The van der Waals surface area contributed by atoms with Crippen LogP contribution < -0.4 is 0 Å². The van der Waals surface area contributed by atoms with Gasteiger partial charge in [0.15, 0.2) is 0 Å². The molecule has 2 heteroatoms. The predicted molar refractivity (Wildman–Crippen MR) is 56.1 cm³/mol. The smallest absolute Gasteiger partial charge is 0.0779 e. The first-order valence-corrected chi connectivity index (χ1v) is 5.82. The van der Waals surface area contributed by atoms with Gasteiger partial charge in [-0.1, -0.05) is 6.08 Å². The predicted octanol–water partition coefficient (Wildman–Crippen LogP) is 2.27. The fraction of sp³-hybridized carbons (Fsp3) is 0.833. The normalized spacial score (nSPS) is 27.1. The molecule has 1 heterocycles. The van der Waals surface area contributed by atoms with E-state index >= 15 is 0 Å². The van der Waals surface area contributed by atoms with Crippen molar-refractivity contribution in [2.24, 2.45) is 5.92 Å². The van der Waals surface area contributed by atoms with E-state index in [9.17, 15) is 5.11 Å². The zero-order valence-electron chi connectivity index (χ0n) is 8.74. The molecule has 1 aliphatic carbocycles. The van der Waals surface area contributed by atoms with E-state index < -0.39 is 0 Å². The first kappa shape index (κ1) is 10.2. The van der Waals surface area contributed by atoms with Gasteiger partial charge < -0.3 is 9.84 Å². The highest BCUT2D eigenvalue weighted by Crippen LogP contribution is 2.28. The number of aliphatic hydroxyl groups excluding tert-OH is 1. The lowest BCUT2D eigenvalue weighted by molar-refractivity contribution is 0.0196. The molecule has 2 aliphatic rings. The molecule has 80 valence electrons. The fourth-order valence-electron chi connectivity index (χ4n) is 2.47. The van der Waals surface area contributed by atoms with Crippen molar-refractivity contribution in [2.75, 3.05) is 13.2 Å². The first-order chi connectivity index (χ1) is 6.88. The maximum absolute atomic E-state index is 10.2. The van der Waals surface area contributed by atoms with Gasteiger partial charge in [0.1, 0.15) is 0 Å². The standard InChI is InChI=1S/C12H20O2/c13-12(10-4-2-1-3-5-10)11-6-8-14-9-7-11/h4,11-13H,1-3,5-9H2. The molecule has 0 amide bonds. The molecule has 1 aliphatic heterocycles. The van der Waals surface area contributed by atoms with E-state index in [4.69, 9.17) is 4.74 Å². The van der Waals surface area contributed by atoms with Crippen molar-refractivity contribution < 1.29 is 9.84 Å². The van der Waals surface area contributed by atoms with Crippen LogP contribution in [-0.4, -0.2) is 24.4 Å². The van der Waals surface area contributed by atoms with Crippen molar-refractivity contribution in [3.63, 3.8) is 0 Å². The van der Waals surface area contributed by atoms with Crippen LogP contribution in [0.2, 0.25) is 0 Å². The summed E-state index contributed by atoms with van der Waals surface area (Å²) in [5.41, 5.74) is 1.29. The second-order valence-electron chi connectivity index (χ2n) is 4.42. The van der Waals surface area contributed by atoms with Gasteiger partial charge in [-0.05, 0) is 50.0 Å². The molecular weight excluding hydrogens is 176 g/mol. The van der Waals surface area contributed by atoms with Crippen molar-refractivity contribution in [2.45, 2.75) is 44.6 Å². The topological polar surface area (TPSA) is 29.5 Å². The van der Waals surface area contributed by atoms with E-state index in [1.54, 1.807) is 0 Å². The summed E-state index contributed by atoms with van der Waals surface area (Å²) in [6.45, 7) is 1.66. The Bertz CT molecular complexity index is 204. The summed E-state index contributed by atoms with van der Waals surface area (Å²) < 4.78 is 5.31. The van der Waals surface area contributed by atoms with Crippen molar-refractivity contribution in [1.82, 2.24) is 0 Å². The van der Waals surface area contributed by atoms with Crippen molar-refractivity contribution in [3.05, 3.63) is 11.6 Å². The summed E-state index contributed by atoms with van der Waals surface area (Å²) in [4.78, 5) is 0. The van der Waals surface area contributed by atoms with Gasteiger partial charge in [-0.3, -0.25) is 0 Å². The van der Waals surface area contributed by atoms with Gasteiger partial charge >= 0.3 is 0 Å². The Hall–Kier alpha value is -0.340. The monoisotopic (exact) mass is 196 g/mol. The molecule has 14 heavy (non-hydrogen) atoms. The molecule has 0 aromatic heterocycles. The molecule has 1 N–H and O–H groups in total. The van der Waals surface area contributed by atoms with E-state index in [1.165, 1.54) is 18.4 Å². The SMILES string of the molecule is OC(C1=CCCCC1)C1CCOCC1. The van der Waals surface area contributed by atoms with Gasteiger partial charge in [-0.15, -0.1) is 0 Å². The van der Waals surface area contributed by atoms with E-state index in [2.05, 4.69) is 6.08 Å². The summed E-state index contributed by atoms with van der Waals surface area (Å²) in [5.74, 6) is 0.452. The minimum atomic E-state index is -0.181. The minimum absolute atomic E-state index is 0.181. The fourth-order valence-corrected chi connectivity index (χ4v) is 2.47. The molecule has 1 unspecified atom stereocenters. The van der Waals surface area contributed by atoms with E-state index in [-0.39, 0.29) is 6.10 Å². The second kappa shape index (κ2) is 4.94. The van der Waals surface area contributed by atoms with Crippen LogP contribution in [0.5, 0.6) is 0 Å². The molecule has 0 bridgehead atoms. The van der Waals surface area contributed by atoms with Gasteiger partial charge in [-0.2, -0.15) is 0 Å². The highest BCUT2D eigenvalue weighted by Gasteiger charge is 2.25. The molecule has 2 nitrogen and oxygen atoms in total. The Morgan fingerprint density at radius 2 is 2.07 bits per heavy atom. The molecule has 0 radical (unpaired) electrons. The van der Waals surface area contributed by atoms with Crippen LogP contribution in [0.1, 0.15) is 38.5 Å². The Kier molecular flexibility index (Phi) is 3.60. The number of hydrogen-bond donors (Lipinski definition) is 1. The van der Waals surface area contributed by atoms with E-state index in [0.717, 1.165) is 38.9 Å². The molecule has 1 fully saturated rings. The summed E-state index contributed by atoms with van der Waals surface area (Å²) in [6, 6.07) is 0. The van der Waals surface area contributed by atoms with E-state index in [0.29, 0.717) is 5.92 Å². The van der Waals surface area contributed by atoms with Gasteiger partial charge in [0.2, 0.25) is 0 Å². The lowest BCUT2D eigenvalue weighted by Crippen LogP contribution is -2.29. The molecule has 1 saturated heterocycles. The van der Waals surface area contributed by atoms with Gasteiger partial charge in [0, 0.05) is 13.2 Å². The minimum Gasteiger partial charge on any atom is -0.388 e. The quantitative estimate of drug-likeness (QED) is 0.686. The van der Waals surface area contributed by atoms with Gasteiger partial charge in [0.25, 0.3) is 0 Å². The van der Waals surface area contributed by atoms with Crippen LogP contribution in [0.15, 0.2) is 11.6 Å². The highest BCUT2D eigenvalue weighted by molar-refractivity contribution is 5.12. The van der Waals surface area contributed by atoms with Crippen LogP contribution in [0.25, 0.3) is 0 Å². The van der Waals surface area contributed by atoms with Crippen LogP contribution in [0, 0.1) is 5.92 Å². The van der Waals surface area contributed by atoms with Crippen LogP contribution >= 0.6 is 0 Å². The average molecular weight is 196 g/mol. The Balaban J connectivity index is 1.91. The molecule has 0 spiro atoms. The lowest BCUT2D eigenvalue weighted by Gasteiger charge is -2.29. The summed E-state index contributed by atoms with van der Waals surface area (Å²) in [7, 11) is 0. The molecule has 0 saturated carbocycles. The first-order valence-electron chi connectivity index (χ1n) is 5.82. The van der Waals surface area contributed by atoms with Crippen LogP contribution in [0.3, 0.4) is 0 Å². The molecule has 1 atom stereocenters. The molecule has 0 aromatic carbocycles. The third kappa shape index (κ3) is 2.37. The van der Waals surface area contributed by atoms with Gasteiger partial charge in [-0.25, -0.2) is 0 Å². The number of hydrogen-bond acceptors (Lipinski definition) is 2. The largest absolute Gasteiger partial charge is 0.388 e. The third-order valence-corrected chi connectivity index (χ3v) is 3.42. The Labute approximate surface area is 86.0 Å². The number of allylic oxidation sites excluding steroid dienone is 1. The Morgan fingerprint density at radius 1 is 1.29 bits per heavy atom. The van der Waals surface area contributed by atoms with Gasteiger partial charge in [0.05, 0.1) is 6.10 Å². The molecule has 0 aromatic rings. The maximum atomic E-state index is 10.2. The molecule has 2 rings (SSSR count). The van der Waals surface area contributed by atoms with E-state index in [1.807, 2.05) is 0 Å². The third-order valence-electron chi connectivity index (χ3n) is 3.42. The number of rotatable bonds is 2. The number of ether oxygens (including phenoxy) is 1. The van der Waals surface area contributed by atoms with Crippen molar-refractivity contribution in [3.8, 4) is 0 Å². The van der Waals surface area contributed by atoms with Crippen molar-refractivity contribution >= 4 is 0 Å². The average Bonchev–Trinajstić information content (AvgIpc) is 2.30. The summed E-state index contributed by atoms with van der Waals surface area (Å²) in [6.07, 6.45) is 8.95. The second-order valence-corrected chi connectivity index (χ2v) is 4.42. The summed E-state index contributed by atoms with van der Waals surface area (Å²) >= 11 is 0. The maximum Gasteiger partial charge on any atom is 0.0779 e. The molecular formula is C12H20O2. The van der Waals surface area contributed by atoms with Crippen LogP contribution in [0.4, 0.5) is 0 Å². The van der Waals surface area contributed by atoms with Crippen molar-refractivity contribution in [1.29, 1.82) is 0 Å². The summed E-state index contributed by atoms with van der Waals surface area (Å²) in [5, 5.41) is 10.2. The van der Waals surface area contributed by atoms with Crippen LogP contribution in [-0.2, 0) is 4.74 Å². The number of aliphatic hydroxyl groups is 1. The highest BCUT2D eigenvalue weighted by atomic mass is 16.5. The Morgan fingerprint density at radius 3 is 2.71 bits per heavy atom. The lowest BCUT2D eigenvalue weighted by atomic mass is 9.85. The zero-order valence-corrected chi connectivity index (χ0v) is 8.74.